The number of halogens is 2. The molecule has 0 unspecified atom stereocenters. The van der Waals surface area contributed by atoms with Crippen LogP contribution in [0, 0.1) is 3.57 Å². The monoisotopic (exact) mass is 608 g/mol. The molecule has 4 aromatic rings. The summed E-state index contributed by atoms with van der Waals surface area (Å²) in [6.07, 6.45) is 0.547. The molecule has 0 saturated carbocycles. The van der Waals surface area contributed by atoms with Crippen LogP contribution in [0.3, 0.4) is 0 Å². The smallest absolute Gasteiger partial charge is 0.206 e. The number of hydrogen-bond acceptors (Lipinski definition) is 4. The largest absolute Gasteiger partial charge is 0.219 e. The molecule has 0 aliphatic heterocycles. The van der Waals surface area contributed by atoms with Crippen LogP contribution < -0.4 is 0 Å². The summed E-state index contributed by atoms with van der Waals surface area (Å²) < 4.78 is 52.2. The lowest BCUT2D eigenvalue weighted by atomic mass is 10.1. The van der Waals surface area contributed by atoms with E-state index in [4.69, 9.17) is 11.6 Å². The molecule has 0 fully saturated rings. The highest BCUT2D eigenvalue weighted by Gasteiger charge is 2.18. The predicted molar refractivity (Wildman–Crippen MR) is 137 cm³/mol. The summed E-state index contributed by atoms with van der Waals surface area (Å²) in [7, 11) is -7.20. The molecule has 0 spiro atoms. The summed E-state index contributed by atoms with van der Waals surface area (Å²) in [4.78, 5) is 0.877. The zero-order valence-electron chi connectivity index (χ0n) is 17.2. The van der Waals surface area contributed by atoms with Gasteiger partial charge in [-0.1, -0.05) is 35.9 Å². The first kappa shape index (κ1) is 23.9. The van der Waals surface area contributed by atoms with Gasteiger partial charge in [0.05, 0.1) is 19.6 Å². The van der Waals surface area contributed by atoms with Crippen molar-refractivity contribution in [3.63, 3.8) is 0 Å². The Labute approximate surface area is 212 Å². The first-order chi connectivity index (χ1) is 15.7. The lowest BCUT2D eigenvalue weighted by molar-refractivity contribution is 0.594. The van der Waals surface area contributed by atoms with Crippen molar-refractivity contribution >= 4 is 53.9 Å². The van der Waals surface area contributed by atoms with Gasteiger partial charge in [0.25, 0.3) is 0 Å². The summed E-state index contributed by atoms with van der Waals surface area (Å²) in [5, 5.41) is 0.474. The third-order valence-electron chi connectivity index (χ3n) is 5.12. The third-order valence-corrected chi connectivity index (χ3v) is 9.67. The summed E-state index contributed by atoms with van der Waals surface area (Å²) in [5.41, 5.74) is 1.84. The Kier molecular flexibility index (Phi) is 6.95. The fourth-order valence-corrected chi connectivity index (χ4v) is 6.32. The van der Waals surface area contributed by atoms with Gasteiger partial charge < -0.3 is 0 Å². The molecule has 0 bridgehead atoms. The van der Waals surface area contributed by atoms with Gasteiger partial charge in [0.2, 0.25) is 19.7 Å². The molecule has 8 heteroatoms. The van der Waals surface area contributed by atoms with Crippen molar-refractivity contribution in [1.82, 2.24) is 0 Å². The van der Waals surface area contributed by atoms with Gasteiger partial charge in [-0.2, -0.15) is 0 Å². The molecule has 0 amide bonds. The Bertz CT molecular complexity index is 1360. The van der Waals surface area contributed by atoms with Gasteiger partial charge in [0.1, 0.15) is 0 Å². The minimum atomic E-state index is -3.62. The maximum absolute atomic E-state index is 12.8. The van der Waals surface area contributed by atoms with Gasteiger partial charge in [0.15, 0.2) is 0 Å². The van der Waals surface area contributed by atoms with Crippen LogP contribution in [-0.4, -0.2) is 16.8 Å². The Hall–Kier alpha value is -2.20. The Morgan fingerprint density at radius 1 is 0.515 bits per heavy atom. The van der Waals surface area contributed by atoms with Gasteiger partial charge in [0, 0.05) is 8.59 Å². The number of rotatable bonds is 6. The van der Waals surface area contributed by atoms with Crippen LogP contribution in [0.4, 0.5) is 0 Å². The van der Waals surface area contributed by atoms with Gasteiger partial charge >= 0.3 is 0 Å². The van der Waals surface area contributed by atoms with Gasteiger partial charge in [-0.15, -0.1) is 0 Å². The fourth-order valence-electron chi connectivity index (χ4n) is 3.31. The van der Waals surface area contributed by atoms with Crippen molar-refractivity contribution in [1.29, 1.82) is 0 Å². The average molecular weight is 609 g/mol. The summed E-state index contributed by atoms with van der Waals surface area (Å²) in [6, 6.07) is 26.2. The average Bonchev–Trinajstić information content (AvgIpc) is 2.80. The summed E-state index contributed by atoms with van der Waals surface area (Å²) >= 11 is 7.98. The van der Waals surface area contributed by atoms with E-state index < -0.39 is 19.7 Å². The number of sulfone groups is 2. The quantitative estimate of drug-likeness (QED) is 0.245. The molecule has 0 radical (unpaired) electrons. The molecule has 0 saturated heterocycles. The van der Waals surface area contributed by atoms with E-state index in [1.54, 1.807) is 84.9 Å². The molecule has 0 N–H and O–H groups in total. The van der Waals surface area contributed by atoms with Gasteiger partial charge in [-0.25, -0.2) is 16.8 Å². The van der Waals surface area contributed by atoms with Crippen molar-refractivity contribution in [2.24, 2.45) is 0 Å². The van der Waals surface area contributed by atoms with Crippen LogP contribution >= 0.6 is 34.2 Å². The first-order valence-electron chi connectivity index (χ1n) is 9.85. The van der Waals surface area contributed by atoms with E-state index in [1.165, 1.54) is 12.1 Å². The summed E-state index contributed by atoms with van der Waals surface area (Å²) in [5.74, 6) is 0. The van der Waals surface area contributed by atoms with E-state index in [2.05, 4.69) is 22.6 Å². The SMILES string of the molecule is O=S(=O)(c1ccc(Cl)cc1)c1ccc(Cc2ccc(S(=O)(=O)c3ccc(I)cc3)cc2)cc1. The van der Waals surface area contributed by atoms with Crippen molar-refractivity contribution in [3.8, 4) is 0 Å². The molecule has 0 heterocycles. The highest BCUT2D eigenvalue weighted by atomic mass is 127. The molecule has 0 aliphatic carbocycles. The van der Waals surface area contributed by atoms with Crippen molar-refractivity contribution in [3.05, 3.63) is 117 Å². The zero-order valence-corrected chi connectivity index (χ0v) is 21.7. The second kappa shape index (κ2) is 9.58. The van der Waals surface area contributed by atoms with E-state index in [-0.39, 0.29) is 19.6 Å². The Balaban J connectivity index is 1.51. The second-order valence-corrected chi connectivity index (χ2v) is 13.0. The standard InChI is InChI=1S/C25H18ClIO4S2/c26-20-5-13-24(14-6-20)32(28,29)22-9-1-18(2-10-22)17-19-3-11-23(12-4-19)33(30,31)25-15-7-21(27)8-16-25/h1-16H,17H2. The van der Waals surface area contributed by atoms with Crippen LogP contribution in [-0.2, 0) is 26.1 Å². The van der Waals surface area contributed by atoms with E-state index in [9.17, 15) is 16.8 Å². The maximum atomic E-state index is 12.8. The number of hydrogen-bond donors (Lipinski definition) is 0. The molecular formula is C25H18ClIO4S2. The molecule has 4 aromatic carbocycles. The maximum Gasteiger partial charge on any atom is 0.206 e. The molecule has 0 aromatic heterocycles. The van der Waals surface area contributed by atoms with E-state index in [1.807, 2.05) is 0 Å². The lowest BCUT2D eigenvalue weighted by Gasteiger charge is -2.08. The van der Waals surface area contributed by atoms with E-state index in [0.717, 1.165) is 14.7 Å². The van der Waals surface area contributed by atoms with Gasteiger partial charge in [-0.3, -0.25) is 0 Å². The van der Waals surface area contributed by atoms with Crippen LogP contribution in [0.2, 0.25) is 5.02 Å². The minimum absolute atomic E-state index is 0.185. The molecule has 0 aliphatic rings. The predicted octanol–water partition coefficient (Wildman–Crippen LogP) is 6.20. The molecule has 4 rings (SSSR count). The Morgan fingerprint density at radius 2 is 0.818 bits per heavy atom. The van der Waals surface area contributed by atoms with E-state index in [0.29, 0.717) is 11.4 Å². The second-order valence-electron chi connectivity index (χ2n) is 7.38. The molecular weight excluding hydrogens is 591 g/mol. The van der Waals surface area contributed by atoms with Crippen molar-refractivity contribution in [2.75, 3.05) is 0 Å². The topological polar surface area (TPSA) is 68.3 Å². The van der Waals surface area contributed by atoms with Crippen LogP contribution in [0.5, 0.6) is 0 Å². The minimum Gasteiger partial charge on any atom is -0.219 e. The first-order valence-corrected chi connectivity index (χ1v) is 14.3. The number of benzene rings is 4. The van der Waals surface area contributed by atoms with Crippen LogP contribution in [0.25, 0.3) is 0 Å². The van der Waals surface area contributed by atoms with E-state index >= 15 is 0 Å². The van der Waals surface area contributed by atoms with Crippen molar-refractivity contribution in [2.45, 2.75) is 26.0 Å². The highest BCUT2D eigenvalue weighted by molar-refractivity contribution is 14.1. The third kappa shape index (κ3) is 5.32. The summed E-state index contributed by atoms with van der Waals surface area (Å²) in [6.45, 7) is 0. The molecule has 168 valence electrons. The lowest BCUT2D eigenvalue weighted by Crippen LogP contribution is -2.03. The molecule has 33 heavy (non-hydrogen) atoms. The molecule has 0 atom stereocenters. The van der Waals surface area contributed by atoms with Crippen LogP contribution in [0.15, 0.2) is 117 Å². The van der Waals surface area contributed by atoms with Crippen LogP contribution in [0.1, 0.15) is 11.1 Å². The zero-order chi connectivity index (χ0) is 23.6. The fraction of sp³-hybridized carbons (Fsp3) is 0.0400. The van der Waals surface area contributed by atoms with Crippen molar-refractivity contribution < 1.29 is 16.8 Å². The Morgan fingerprint density at radius 3 is 1.18 bits per heavy atom. The van der Waals surface area contributed by atoms with Gasteiger partial charge in [-0.05, 0) is 113 Å². The molecule has 4 nitrogen and oxygen atoms in total. The normalized spacial score (nSPS) is 11.9. The highest BCUT2D eigenvalue weighted by Crippen LogP contribution is 2.25.